The van der Waals surface area contributed by atoms with E-state index < -0.39 is 36.6 Å². The van der Waals surface area contributed by atoms with Gasteiger partial charge >= 0.3 is 18.2 Å². The van der Waals surface area contributed by atoms with E-state index in [4.69, 9.17) is 4.74 Å². The molecule has 0 spiro atoms. The van der Waals surface area contributed by atoms with Gasteiger partial charge in [-0.05, 0) is 117 Å². The Labute approximate surface area is 306 Å². The lowest BCUT2D eigenvalue weighted by Crippen LogP contribution is -2.36. The molecular formula is C39H47F3N4O7. The zero-order chi connectivity index (χ0) is 38.4. The van der Waals surface area contributed by atoms with Crippen LogP contribution in [0.5, 0.6) is 5.75 Å². The van der Waals surface area contributed by atoms with Crippen molar-refractivity contribution in [2.24, 2.45) is 5.92 Å². The van der Waals surface area contributed by atoms with Crippen LogP contribution in [0, 0.1) is 5.92 Å². The number of carbonyl (C=O) groups is 2. The first-order valence-corrected chi connectivity index (χ1v) is 17.9. The molecule has 1 fully saturated rings. The number of rotatable bonds is 8. The predicted octanol–water partition coefficient (Wildman–Crippen LogP) is 6.23. The molecule has 1 unspecified atom stereocenters. The summed E-state index contributed by atoms with van der Waals surface area (Å²) >= 11 is 0. The van der Waals surface area contributed by atoms with E-state index in [-0.39, 0.29) is 59.3 Å². The van der Waals surface area contributed by atoms with Gasteiger partial charge in [0.05, 0.1) is 25.4 Å². The number of alkyl halides is 3. The Morgan fingerprint density at radius 2 is 1.62 bits per heavy atom. The Bertz CT molecular complexity index is 1900. The number of aliphatic hydroxyl groups is 3. The molecule has 2 heterocycles. The van der Waals surface area contributed by atoms with Gasteiger partial charge in [0.1, 0.15) is 11.4 Å². The Kier molecular flexibility index (Phi) is 10.7. The topological polar surface area (TPSA) is 155 Å². The molecule has 0 aromatic heterocycles. The van der Waals surface area contributed by atoms with E-state index in [0.29, 0.717) is 73.1 Å². The zero-order valence-corrected chi connectivity index (χ0v) is 30.4. The first kappa shape index (κ1) is 38.4. The molecule has 0 radical (unpaired) electrons. The molecule has 6 N–H and O–H groups in total. The molecule has 0 bridgehead atoms. The maximum Gasteiger partial charge on any atom is 0.418 e. The van der Waals surface area contributed by atoms with E-state index in [9.17, 15) is 43.2 Å². The fourth-order valence-electron chi connectivity index (χ4n) is 8.06. The van der Waals surface area contributed by atoms with Gasteiger partial charge in [0.2, 0.25) is 0 Å². The predicted molar refractivity (Wildman–Crippen MR) is 194 cm³/mol. The number of hydrogen-bond acceptors (Lipinski definition) is 9. The van der Waals surface area contributed by atoms with Gasteiger partial charge in [0.25, 0.3) is 0 Å². The largest absolute Gasteiger partial charge is 0.507 e. The summed E-state index contributed by atoms with van der Waals surface area (Å²) in [6, 6.07) is 5.93. The maximum absolute atomic E-state index is 14.5. The van der Waals surface area contributed by atoms with E-state index in [1.807, 2.05) is 13.1 Å². The van der Waals surface area contributed by atoms with Crippen molar-refractivity contribution in [3.05, 3.63) is 69.3 Å². The second kappa shape index (κ2) is 14.8. The number of hydrogen-bond donors (Lipinski definition) is 6. The summed E-state index contributed by atoms with van der Waals surface area (Å²) in [6.45, 7) is 5.36. The number of urea groups is 1. The van der Waals surface area contributed by atoms with Crippen LogP contribution in [0.25, 0.3) is 11.1 Å². The van der Waals surface area contributed by atoms with Crippen molar-refractivity contribution >= 4 is 29.1 Å². The number of halogens is 3. The number of carbonyl (C=O) groups excluding carboxylic acids is 2. The molecule has 2 aliphatic heterocycles. The Morgan fingerprint density at radius 3 is 2.25 bits per heavy atom. The monoisotopic (exact) mass is 740 g/mol. The number of amides is 2. The Balaban J connectivity index is 1.26. The van der Waals surface area contributed by atoms with Crippen molar-refractivity contribution in [3.63, 3.8) is 0 Å². The van der Waals surface area contributed by atoms with Gasteiger partial charge in [-0.3, -0.25) is 9.69 Å². The molecule has 53 heavy (non-hydrogen) atoms. The van der Waals surface area contributed by atoms with Crippen LogP contribution in [-0.2, 0) is 48.4 Å². The number of aliphatic hydroxyl groups excluding tert-OH is 3. The zero-order valence-electron chi connectivity index (χ0n) is 30.4. The van der Waals surface area contributed by atoms with Gasteiger partial charge in [-0.1, -0.05) is 6.07 Å². The lowest BCUT2D eigenvalue weighted by molar-refractivity contribution is -0.156. The third kappa shape index (κ3) is 7.82. The highest BCUT2D eigenvalue weighted by Gasteiger charge is 2.39. The number of aromatic hydroxyl groups is 1. The van der Waals surface area contributed by atoms with Crippen molar-refractivity contribution in [3.8, 4) is 16.9 Å². The molecule has 2 amide bonds. The average molecular weight is 741 g/mol. The van der Waals surface area contributed by atoms with Crippen LogP contribution in [0.2, 0.25) is 0 Å². The SMILES string of the molecule is CN1CCc2cc(CO)c(CO)c3c2C1Cc1c(NC(=O)Nc2ccc(N4CCC(CC(=O)OC(C)(C)C)CC4)c(C(F)(F)F)c2)cc(CO)c(O)c1-3. The van der Waals surface area contributed by atoms with Crippen molar-refractivity contribution < 1.29 is 47.9 Å². The number of fused-ring (bicyclic) bond motifs is 2. The molecule has 1 saturated heterocycles. The highest BCUT2D eigenvalue weighted by Crippen LogP contribution is 2.53. The number of piperidine rings is 1. The lowest BCUT2D eigenvalue weighted by Gasteiger charge is -2.42. The minimum absolute atomic E-state index is 0.00179. The summed E-state index contributed by atoms with van der Waals surface area (Å²) in [6.07, 6.45) is -2.44. The number of likely N-dealkylation sites (N-methyl/N-ethyl adjacent to an activating group) is 1. The maximum atomic E-state index is 14.5. The van der Waals surface area contributed by atoms with Crippen molar-refractivity contribution in [2.45, 2.75) is 90.5 Å². The second-order valence-corrected chi connectivity index (χ2v) is 15.2. The van der Waals surface area contributed by atoms with Gasteiger partial charge in [-0.25, -0.2) is 4.79 Å². The minimum atomic E-state index is -4.72. The van der Waals surface area contributed by atoms with E-state index >= 15 is 0 Å². The summed E-state index contributed by atoms with van der Waals surface area (Å²) in [5.74, 6) is -0.545. The summed E-state index contributed by atoms with van der Waals surface area (Å²) in [5.41, 5.74) is 2.93. The standard InChI is InChI=1S/C39H47F3N4O7/c1-38(2,3)53-32(50)13-21-7-11-46(12-8-21)30-6-5-25(16-28(30)39(40,41)42)43-37(52)44-29-15-24(19-48)36(51)35-26(29)17-31-33-22(9-10-45(31)4)14-23(18-47)27(20-49)34(33)35/h5-6,14-16,21,31,47-49,51H,7-13,17-20H2,1-4H3,(H2,43,44,52). The quantitative estimate of drug-likeness (QED) is 0.117. The Hall–Kier alpha value is -4.37. The Morgan fingerprint density at radius 1 is 0.925 bits per heavy atom. The molecule has 1 aliphatic carbocycles. The molecule has 3 aliphatic rings. The summed E-state index contributed by atoms with van der Waals surface area (Å²) in [4.78, 5) is 29.6. The molecule has 14 heteroatoms. The molecule has 6 rings (SSSR count). The van der Waals surface area contributed by atoms with Crippen molar-refractivity contribution in [1.82, 2.24) is 4.90 Å². The van der Waals surface area contributed by atoms with Gasteiger partial charge in [-0.15, -0.1) is 0 Å². The van der Waals surface area contributed by atoms with Gasteiger partial charge in [0, 0.05) is 60.3 Å². The second-order valence-electron chi connectivity index (χ2n) is 15.2. The van der Waals surface area contributed by atoms with Gasteiger partial charge in [0.15, 0.2) is 0 Å². The van der Waals surface area contributed by atoms with Crippen LogP contribution in [0.3, 0.4) is 0 Å². The van der Waals surface area contributed by atoms with Crippen LogP contribution < -0.4 is 15.5 Å². The lowest BCUT2D eigenvalue weighted by atomic mass is 9.73. The summed E-state index contributed by atoms with van der Waals surface area (Å²) in [5, 5.41) is 47.6. The van der Waals surface area contributed by atoms with E-state index in [1.165, 1.54) is 18.2 Å². The normalized spacial score (nSPS) is 17.6. The number of ether oxygens (including phenoxy) is 1. The number of benzene rings is 3. The van der Waals surface area contributed by atoms with Crippen molar-refractivity contribution in [2.75, 3.05) is 42.2 Å². The number of phenols is 1. The number of nitrogens with zero attached hydrogens (tertiary/aromatic N) is 2. The third-order valence-electron chi connectivity index (χ3n) is 10.5. The molecule has 286 valence electrons. The smallest absolute Gasteiger partial charge is 0.418 e. The molecule has 3 aromatic carbocycles. The van der Waals surface area contributed by atoms with E-state index in [0.717, 1.165) is 17.2 Å². The molecule has 11 nitrogen and oxygen atoms in total. The van der Waals surface area contributed by atoms with E-state index in [2.05, 4.69) is 15.5 Å². The molecule has 0 saturated carbocycles. The molecule has 3 aromatic rings. The van der Waals surface area contributed by atoms with Crippen LogP contribution in [-0.4, -0.2) is 69.6 Å². The summed E-state index contributed by atoms with van der Waals surface area (Å²) in [7, 11) is 1.96. The summed E-state index contributed by atoms with van der Waals surface area (Å²) < 4.78 is 48.8. The number of nitrogens with one attached hydrogen (secondary N) is 2. The van der Waals surface area contributed by atoms with Gasteiger partial charge in [-0.2, -0.15) is 13.2 Å². The number of anilines is 3. The average Bonchev–Trinajstić information content (AvgIpc) is 3.09. The van der Waals surface area contributed by atoms with Crippen LogP contribution >= 0.6 is 0 Å². The fourth-order valence-corrected chi connectivity index (χ4v) is 8.06. The third-order valence-corrected chi connectivity index (χ3v) is 10.5. The number of esters is 1. The van der Waals surface area contributed by atoms with E-state index in [1.54, 1.807) is 25.7 Å². The fraction of sp³-hybridized carbons (Fsp3) is 0.487. The highest BCUT2D eigenvalue weighted by molar-refractivity contribution is 6.02. The highest BCUT2D eigenvalue weighted by atomic mass is 19.4. The molecular weight excluding hydrogens is 693 g/mol. The first-order chi connectivity index (χ1) is 25.0. The minimum Gasteiger partial charge on any atom is -0.507 e. The van der Waals surface area contributed by atoms with Crippen LogP contribution in [0.4, 0.5) is 35.0 Å². The van der Waals surface area contributed by atoms with Gasteiger partial charge < -0.3 is 40.7 Å². The molecule has 1 atom stereocenters. The first-order valence-electron chi connectivity index (χ1n) is 17.9. The van der Waals surface area contributed by atoms with Crippen LogP contribution in [0.1, 0.15) is 85.0 Å². The van der Waals surface area contributed by atoms with Crippen LogP contribution in [0.15, 0.2) is 30.3 Å². The van der Waals surface area contributed by atoms with Crippen molar-refractivity contribution in [1.29, 1.82) is 0 Å².